The van der Waals surface area contributed by atoms with Gasteiger partial charge in [-0.2, -0.15) is 0 Å². The van der Waals surface area contributed by atoms with Crippen molar-refractivity contribution in [3.05, 3.63) is 59.2 Å². The zero-order valence-electron chi connectivity index (χ0n) is 19.5. The fourth-order valence-electron chi connectivity index (χ4n) is 5.35. The van der Waals surface area contributed by atoms with Crippen LogP contribution >= 0.6 is 0 Å². The number of benzene rings is 1. The van der Waals surface area contributed by atoms with Crippen molar-refractivity contribution in [2.45, 2.75) is 69.6 Å². The van der Waals surface area contributed by atoms with E-state index in [9.17, 15) is 9.59 Å². The van der Waals surface area contributed by atoms with E-state index in [0.717, 1.165) is 49.8 Å². The number of hydrogen-bond donors (Lipinski definition) is 1. The molecular weight excluding hydrogens is 400 g/mol. The van der Waals surface area contributed by atoms with Crippen molar-refractivity contribution >= 4 is 11.8 Å². The second-order valence-electron chi connectivity index (χ2n) is 9.66. The maximum Gasteiger partial charge on any atom is 0.269 e. The minimum absolute atomic E-state index is 0.199. The molecule has 0 unspecified atom stereocenters. The third-order valence-electron chi connectivity index (χ3n) is 7.45. The van der Waals surface area contributed by atoms with Crippen LogP contribution in [0.15, 0.2) is 36.4 Å². The van der Waals surface area contributed by atoms with Crippen molar-refractivity contribution < 1.29 is 9.59 Å². The summed E-state index contributed by atoms with van der Waals surface area (Å²) in [5.41, 5.74) is 1.71. The van der Waals surface area contributed by atoms with Crippen LogP contribution in [0.2, 0.25) is 0 Å². The van der Waals surface area contributed by atoms with Gasteiger partial charge in [0, 0.05) is 31.2 Å². The van der Waals surface area contributed by atoms with Gasteiger partial charge in [0.25, 0.3) is 5.91 Å². The molecule has 1 aromatic heterocycles. The number of rotatable bonds is 4. The number of likely N-dealkylation sites (tertiary alicyclic amines) is 1. The number of carbonyl (C=O) groups excluding carboxylic acids is 2. The predicted octanol–water partition coefficient (Wildman–Crippen LogP) is 3.93. The monoisotopic (exact) mass is 434 g/mol. The van der Waals surface area contributed by atoms with Gasteiger partial charge in [-0.3, -0.25) is 9.59 Å². The molecule has 170 valence electrons. The van der Waals surface area contributed by atoms with Crippen molar-refractivity contribution in [3.63, 3.8) is 0 Å². The number of carbonyl (C=O) groups is 2. The predicted molar refractivity (Wildman–Crippen MR) is 125 cm³/mol. The number of hydrogen-bond acceptors (Lipinski definition) is 4. The number of amides is 2. The lowest BCUT2D eigenvalue weighted by molar-refractivity contribution is -0.140. The molecule has 1 aliphatic heterocycles. The molecule has 2 fully saturated rings. The maximum atomic E-state index is 13.9. The highest BCUT2D eigenvalue weighted by Crippen LogP contribution is 2.42. The van der Waals surface area contributed by atoms with Gasteiger partial charge in [-0.25, -0.2) is 9.97 Å². The molecule has 32 heavy (non-hydrogen) atoms. The van der Waals surface area contributed by atoms with Crippen LogP contribution in [0.1, 0.15) is 79.4 Å². The summed E-state index contributed by atoms with van der Waals surface area (Å²) in [5.74, 6) is 0.787. The summed E-state index contributed by atoms with van der Waals surface area (Å²) >= 11 is 0. The van der Waals surface area contributed by atoms with E-state index in [1.165, 1.54) is 6.42 Å². The Kier molecular flexibility index (Phi) is 6.31. The van der Waals surface area contributed by atoms with Crippen LogP contribution in [0.4, 0.5) is 0 Å². The first-order valence-electron chi connectivity index (χ1n) is 11.8. The highest BCUT2D eigenvalue weighted by molar-refractivity contribution is 5.92. The summed E-state index contributed by atoms with van der Waals surface area (Å²) in [5, 5.41) is 2.65. The molecule has 6 heteroatoms. The topological polar surface area (TPSA) is 75.2 Å². The number of nitrogens with zero attached hydrogens (tertiary/aromatic N) is 3. The van der Waals surface area contributed by atoms with E-state index in [4.69, 9.17) is 0 Å². The van der Waals surface area contributed by atoms with E-state index < -0.39 is 0 Å². The molecule has 1 aliphatic carbocycles. The number of nitrogens with one attached hydrogen (secondary N) is 1. The molecular formula is C26H34N4O2. The minimum Gasteiger partial charge on any atom is -0.354 e. The Morgan fingerprint density at radius 2 is 1.62 bits per heavy atom. The van der Waals surface area contributed by atoms with Gasteiger partial charge < -0.3 is 10.2 Å². The first kappa shape index (κ1) is 22.4. The standard InChI is InChI=1S/C26H34N4O2/c1-19-18-21(22(31)27-3)29-23(28-19)25(2)14-16-30(17-15-25)24(32)26(12-8-5-9-13-26)20-10-6-4-7-11-20/h4,6-7,10-11,18H,5,8-9,12-17H2,1-3H3,(H,27,31). The van der Waals surface area contributed by atoms with Gasteiger partial charge in [0.15, 0.2) is 0 Å². The Morgan fingerprint density at radius 3 is 2.25 bits per heavy atom. The summed E-state index contributed by atoms with van der Waals surface area (Å²) in [6.07, 6.45) is 6.86. The zero-order chi connectivity index (χ0) is 22.8. The molecule has 2 aromatic rings. The second-order valence-corrected chi connectivity index (χ2v) is 9.66. The van der Waals surface area contributed by atoms with Crippen LogP contribution in [-0.4, -0.2) is 46.8 Å². The number of piperidine rings is 1. The van der Waals surface area contributed by atoms with Crippen molar-refractivity contribution in [2.24, 2.45) is 0 Å². The molecule has 1 aromatic carbocycles. The van der Waals surface area contributed by atoms with Crippen LogP contribution in [0, 0.1) is 6.92 Å². The molecule has 2 aliphatic rings. The molecule has 0 atom stereocenters. The molecule has 0 spiro atoms. The average Bonchev–Trinajstić information content (AvgIpc) is 2.84. The summed E-state index contributed by atoms with van der Waals surface area (Å²) in [4.78, 5) is 37.4. The van der Waals surface area contributed by atoms with E-state index in [0.29, 0.717) is 24.6 Å². The Balaban J connectivity index is 1.54. The van der Waals surface area contributed by atoms with Crippen molar-refractivity contribution in [2.75, 3.05) is 20.1 Å². The van der Waals surface area contributed by atoms with Crippen LogP contribution in [0.5, 0.6) is 0 Å². The smallest absolute Gasteiger partial charge is 0.269 e. The fourth-order valence-corrected chi connectivity index (χ4v) is 5.35. The van der Waals surface area contributed by atoms with Crippen molar-refractivity contribution in [1.82, 2.24) is 20.2 Å². The third-order valence-corrected chi connectivity index (χ3v) is 7.45. The average molecular weight is 435 g/mol. The SMILES string of the molecule is CNC(=O)c1cc(C)nc(C2(C)CCN(C(=O)C3(c4ccccc4)CCCCC3)CC2)n1. The number of aromatic nitrogens is 2. The maximum absolute atomic E-state index is 13.9. The highest BCUT2D eigenvalue weighted by Gasteiger charge is 2.45. The van der Waals surface area contributed by atoms with E-state index in [2.05, 4.69) is 39.2 Å². The number of aryl methyl sites for hydroxylation is 1. The summed E-state index contributed by atoms with van der Waals surface area (Å²) < 4.78 is 0. The molecule has 1 saturated carbocycles. The molecule has 4 rings (SSSR count). The van der Waals surface area contributed by atoms with Gasteiger partial charge in [0.2, 0.25) is 5.91 Å². The molecule has 2 heterocycles. The lowest BCUT2D eigenvalue weighted by Crippen LogP contribution is -2.52. The largest absolute Gasteiger partial charge is 0.354 e. The molecule has 0 bridgehead atoms. The molecule has 1 N–H and O–H groups in total. The van der Waals surface area contributed by atoms with E-state index in [1.807, 2.05) is 25.1 Å². The Hall–Kier alpha value is -2.76. The van der Waals surface area contributed by atoms with E-state index >= 15 is 0 Å². The molecule has 2 amide bonds. The van der Waals surface area contributed by atoms with Crippen LogP contribution in [-0.2, 0) is 15.6 Å². The van der Waals surface area contributed by atoms with Gasteiger partial charge in [0.05, 0.1) is 5.41 Å². The summed E-state index contributed by atoms with van der Waals surface area (Å²) in [7, 11) is 1.61. The fraction of sp³-hybridized carbons (Fsp3) is 0.538. The Morgan fingerprint density at radius 1 is 0.969 bits per heavy atom. The normalized spacial score (nSPS) is 19.9. The van der Waals surface area contributed by atoms with E-state index in [-0.39, 0.29) is 22.6 Å². The van der Waals surface area contributed by atoms with E-state index in [1.54, 1.807) is 13.1 Å². The molecule has 0 radical (unpaired) electrons. The van der Waals surface area contributed by atoms with Gasteiger partial charge in [0.1, 0.15) is 11.5 Å². The highest BCUT2D eigenvalue weighted by atomic mass is 16.2. The van der Waals surface area contributed by atoms with Crippen molar-refractivity contribution in [3.8, 4) is 0 Å². The summed E-state index contributed by atoms with van der Waals surface area (Å²) in [6, 6.07) is 12.1. The minimum atomic E-state index is -0.389. The third kappa shape index (κ3) is 4.15. The second kappa shape index (κ2) is 9.00. The van der Waals surface area contributed by atoms with Gasteiger partial charge >= 0.3 is 0 Å². The quantitative estimate of drug-likeness (QED) is 0.791. The lowest BCUT2D eigenvalue weighted by atomic mass is 9.68. The van der Waals surface area contributed by atoms with Crippen LogP contribution in [0.25, 0.3) is 0 Å². The first-order chi connectivity index (χ1) is 15.4. The molecule has 6 nitrogen and oxygen atoms in total. The van der Waals surface area contributed by atoms with Crippen molar-refractivity contribution in [1.29, 1.82) is 0 Å². The zero-order valence-corrected chi connectivity index (χ0v) is 19.5. The van der Waals surface area contributed by atoms with Gasteiger partial charge in [-0.1, -0.05) is 56.5 Å². The first-order valence-corrected chi connectivity index (χ1v) is 11.8. The lowest BCUT2D eigenvalue weighted by Gasteiger charge is -2.44. The van der Waals surface area contributed by atoms with Gasteiger partial charge in [-0.15, -0.1) is 0 Å². The van der Waals surface area contributed by atoms with Crippen LogP contribution in [0.3, 0.4) is 0 Å². The van der Waals surface area contributed by atoms with Gasteiger partial charge in [-0.05, 0) is 44.2 Å². The Bertz CT molecular complexity index is 975. The Labute approximate surface area is 190 Å². The summed E-state index contributed by atoms with van der Waals surface area (Å²) in [6.45, 7) is 5.43. The molecule has 1 saturated heterocycles. The van der Waals surface area contributed by atoms with Crippen LogP contribution < -0.4 is 5.32 Å².